The van der Waals surface area contributed by atoms with Gasteiger partial charge in [-0.1, -0.05) is 0 Å². The van der Waals surface area contributed by atoms with Crippen LogP contribution in [0.1, 0.15) is 17.3 Å². The Hall–Kier alpha value is -5.53. The van der Waals surface area contributed by atoms with Crippen LogP contribution in [-0.4, -0.2) is 53.5 Å². The van der Waals surface area contributed by atoms with E-state index < -0.39 is 35.7 Å². The first-order chi connectivity index (χ1) is 20.6. The summed E-state index contributed by atoms with van der Waals surface area (Å²) < 4.78 is 47.0. The molecule has 12 nitrogen and oxygen atoms in total. The Kier molecular flexibility index (Phi) is 9.18. The molecular formula is C29H28F2N6O6. The summed E-state index contributed by atoms with van der Waals surface area (Å²) in [6.45, 7) is 0.886. The van der Waals surface area contributed by atoms with Crippen molar-refractivity contribution in [3.63, 3.8) is 0 Å². The maximum absolute atomic E-state index is 15.4. The van der Waals surface area contributed by atoms with Gasteiger partial charge in [-0.05, 0) is 61.0 Å². The van der Waals surface area contributed by atoms with Crippen LogP contribution in [0.5, 0.6) is 11.5 Å². The van der Waals surface area contributed by atoms with E-state index in [1.807, 2.05) is 0 Å². The number of esters is 1. The van der Waals surface area contributed by atoms with Crippen LogP contribution in [0.25, 0.3) is 22.2 Å². The molecule has 0 spiro atoms. The first-order valence-corrected chi connectivity index (χ1v) is 12.9. The number of aryl methyl sites for hydroxylation is 1. The van der Waals surface area contributed by atoms with Gasteiger partial charge >= 0.3 is 11.7 Å². The van der Waals surface area contributed by atoms with Gasteiger partial charge in [0.15, 0.2) is 17.3 Å². The Bertz CT molecular complexity index is 1780. The number of ether oxygens (including phenoxy) is 3. The number of halogens is 2. The first-order valence-electron chi connectivity index (χ1n) is 12.9. The lowest BCUT2D eigenvalue weighted by atomic mass is 10.00. The van der Waals surface area contributed by atoms with Crippen molar-refractivity contribution in [2.75, 3.05) is 25.6 Å². The van der Waals surface area contributed by atoms with E-state index in [-0.39, 0.29) is 52.8 Å². The predicted molar refractivity (Wildman–Crippen MR) is 155 cm³/mol. The Morgan fingerprint density at radius 1 is 1.09 bits per heavy atom. The summed E-state index contributed by atoms with van der Waals surface area (Å²) in [4.78, 5) is 39.1. The van der Waals surface area contributed by atoms with Gasteiger partial charge in [-0.2, -0.15) is 0 Å². The molecule has 1 amide bonds. The number of benzene rings is 3. The van der Waals surface area contributed by atoms with E-state index >= 15 is 4.39 Å². The average molecular weight is 595 g/mol. The van der Waals surface area contributed by atoms with Crippen LogP contribution < -0.4 is 25.8 Å². The third kappa shape index (κ3) is 6.53. The number of imidazole rings is 1. The highest BCUT2D eigenvalue weighted by molar-refractivity contribution is 6.02. The lowest BCUT2D eigenvalue weighted by molar-refractivity contribution is -0.116. The van der Waals surface area contributed by atoms with E-state index in [0.717, 1.165) is 17.0 Å². The van der Waals surface area contributed by atoms with Crippen molar-refractivity contribution in [3.8, 4) is 22.6 Å². The first kappa shape index (κ1) is 30.4. The molecule has 0 fully saturated rings. The lowest BCUT2D eigenvalue weighted by Crippen LogP contribution is -2.28. The van der Waals surface area contributed by atoms with Crippen LogP contribution in [0.15, 0.2) is 53.3 Å². The highest BCUT2D eigenvalue weighted by atomic mass is 19.1. The number of carbonyl (C=O) groups is 2. The highest BCUT2D eigenvalue weighted by Crippen LogP contribution is 2.38. The molecule has 0 aliphatic rings. The summed E-state index contributed by atoms with van der Waals surface area (Å²) in [5, 5.41) is 19.6. The fourth-order valence-electron chi connectivity index (χ4n) is 4.43. The number of nitrogens with zero attached hydrogens (tertiary/aromatic N) is 2. The van der Waals surface area contributed by atoms with Crippen molar-refractivity contribution >= 4 is 40.8 Å². The summed E-state index contributed by atoms with van der Waals surface area (Å²) in [7, 11) is 2.77. The van der Waals surface area contributed by atoms with E-state index in [4.69, 9.17) is 25.0 Å². The average Bonchev–Trinajstić information content (AvgIpc) is 3.21. The Balaban J connectivity index is 1.84. The monoisotopic (exact) mass is 594 g/mol. The number of hydrogen-bond donors (Lipinski definition) is 4. The maximum Gasteiger partial charge on any atom is 0.338 e. The minimum Gasteiger partial charge on any atom is -0.493 e. The molecule has 3 aromatic carbocycles. The molecule has 14 heteroatoms. The molecule has 0 saturated carbocycles. The number of nitrogens with one attached hydrogen (secondary N) is 4. The van der Waals surface area contributed by atoms with E-state index in [1.54, 1.807) is 6.92 Å². The maximum atomic E-state index is 15.4. The molecule has 4 aromatic rings. The van der Waals surface area contributed by atoms with Gasteiger partial charge in [-0.25, -0.2) is 18.4 Å². The molecule has 0 radical (unpaired) electrons. The Labute approximate surface area is 243 Å². The van der Waals surface area contributed by atoms with Crippen LogP contribution in [0.3, 0.4) is 0 Å². The van der Waals surface area contributed by atoms with Gasteiger partial charge in [0.25, 0.3) is 0 Å². The highest BCUT2D eigenvalue weighted by Gasteiger charge is 2.23. The van der Waals surface area contributed by atoms with Gasteiger partial charge in [-0.15, -0.1) is 0 Å². The fraction of sp³-hybridized carbons (Fsp3) is 0.207. The Morgan fingerprint density at radius 2 is 1.81 bits per heavy atom. The number of hydrogen-bond acceptors (Lipinski definition) is 8. The zero-order valence-electron chi connectivity index (χ0n) is 23.4. The van der Waals surface area contributed by atoms with Crippen LogP contribution >= 0.6 is 0 Å². The second kappa shape index (κ2) is 13.0. The summed E-state index contributed by atoms with van der Waals surface area (Å²) in [6, 6.07) is 10.5. The number of aromatic nitrogens is 2. The zero-order chi connectivity index (χ0) is 31.3. The summed E-state index contributed by atoms with van der Waals surface area (Å²) >= 11 is 0. The van der Waals surface area contributed by atoms with Gasteiger partial charge in [0.05, 0.1) is 36.7 Å². The van der Waals surface area contributed by atoms with Crippen LogP contribution in [0, 0.1) is 22.5 Å². The lowest BCUT2D eigenvalue weighted by Gasteiger charge is -2.15. The molecule has 0 aliphatic heterocycles. The van der Waals surface area contributed by atoms with Crippen molar-refractivity contribution < 1.29 is 32.6 Å². The van der Waals surface area contributed by atoms with E-state index in [1.165, 1.54) is 61.2 Å². The topological polar surface area (TPSA) is 161 Å². The van der Waals surface area contributed by atoms with Gasteiger partial charge in [0.1, 0.15) is 24.8 Å². The number of amidine groups is 1. The third-order valence-electron chi connectivity index (χ3n) is 6.32. The second-order valence-electron chi connectivity index (χ2n) is 9.14. The van der Waals surface area contributed by atoms with Gasteiger partial charge in [0.2, 0.25) is 5.91 Å². The van der Waals surface area contributed by atoms with Gasteiger partial charge in [-0.3, -0.25) is 24.7 Å². The minimum atomic E-state index is -0.852. The van der Waals surface area contributed by atoms with Crippen molar-refractivity contribution in [2.45, 2.75) is 13.5 Å². The summed E-state index contributed by atoms with van der Waals surface area (Å²) in [6.07, 6.45) is 0.785. The molecular weight excluding hydrogens is 566 g/mol. The van der Waals surface area contributed by atoms with Gasteiger partial charge in [0, 0.05) is 18.3 Å². The third-order valence-corrected chi connectivity index (χ3v) is 6.32. The number of fused-ring (bicyclic) bond motifs is 1. The number of anilines is 1. The standard InChI is InChI=1S/C29H28F2N6O6/c1-4-42-28(39)17-9-20(16-10-21(31)27(23(12-16)41-3)43-14-24(33)34-15-32)26-22(11-17)37(29(40)36(26)2)13-25(38)35-19-7-5-18(30)6-8-19/h5-12,15H,4,13-14H2,1-3H3,(H,35,38)(H3,32,33,34). The minimum absolute atomic E-state index is 0.0320. The van der Waals surface area contributed by atoms with Crippen LogP contribution in [0.2, 0.25) is 0 Å². The SMILES string of the molecule is CCOC(=O)c1cc(-c2cc(F)c(OCC(=N)NC=N)c(OC)c2)c2c(c1)n(CC(=O)Nc1ccc(F)cc1)c(=O)n2C. The number of carbonyl (C=O) groups excluding carboxylic acids is 2. The van der Waals surface area contributed by atoms with Crippen LogP contribution in [-0.2, 0) is 23.1 Å². The van der Waals surface area contributed by atoms with Gasteiger partial charge < -0.3 is 24.8 Å². The van der Waals surface area contributed by atoms with E-state index in [0.29, 0.717) is 11.2 Å². The summed E-state index contributed by atoms with van der Waals surface area (Å²) in [5.41, 5.74) is 0.757. The molecule has 0 aliphatic carbocycles. The molecule has 0 atom stereocenters. The van der Waals surface area contributed by atoms with Crippen molar-refractivity contribution in [1.29, 1.82) is 10.8 Å². The molecule has 0 bridgehead atoms. The predicted octanol–water partition coefficient (Wildman–Crippen LogP) is 3.66. The molecule has 1 aromatic heterocycles. The molecule has 224 valence electrons. The Morgan fingerprint density at radius 3 is 2.47 bits per heavy atom. The molecule has 0 saturated heterocycles. The van der Waals surface area contributed by atoms with E-state index in [9.17, 15) is 18.8 Å². The molecule has 1 heterocycles. The zero-order valence-corrected chi connectivity index (χ0v) is 23.4. The largest absolute Gasteiger partial charge is 0.493 e. The molecule has 4 N–H and O–H groups in total. The number of methoxy groups -OCH3 is 1. The van der Waals surface area contributed by atoms with Crippen molar-refractivity contribution in [1.82, 2.24) is 14.5 Å². The van der Waals surface area contributed by atoms with Crippen molar-refractivity contribution in [3.05, 3.63) is 76.2 Å². The molecule has 0 unspecified atom stereocenters. The number of amides is 1. The smallest absolute Gasteiger partial charge is 0.338 e. The molecule has 43 heavy (non-hydrogen) atoms. The normalized spacial score (nSPS) is 10.7. The second-order valence-corrected chi connectivity index (χ2v) is 9.14. The van der Waals surface area contributed by atoms with E-state index in [2.05, 4.69) is 10.6 Å². The van der Waals surface area contributed by atoms with Crippen molar-refractivity contribution in [2.24, 2.45) is 7.05 Å². The quantitative estimate of drug-likeness (QED) is 0.117. The number of rotatable bonds is 11. The molecule has 4 rings (SSSR count). The fourth-order valence-corrected chi connectivity index (χ4v) is 4.43. The summed E-state index contributed by atoms with van der Waals surface area (Å²) in [5.74, 6) is -3.12. The van der Waals surface area contributed by atoms with Crippen LogP contribution in [0.4, 0.5) is 14.5 Å².